The predicted octanol–water partition coefficient (Wildman–Crippen LogP) is 2.85. The largest absolute Gasteiger partial charge is 0.338 e. The maximum Gasteiger partial charge on any atom is 0.255 e. The van der Waals surface area contributed by atoms with Gasteiger partial charge in [0, 0.05) is 18.1 Å². The van der Waals surface area contributed by atoms with Gasteiger partial charge in [0.15, 0.2) is 0 Å². The van der Waals surface area contributed by atoms with Crippen LogP contribution in [-0.4, -0.2) is 24.4 Å². The van der Waals surface area contributed by atoms with E-state index in [9.17, 15) is 9.18 Å². The van der Waals surface area contributed by atoms with Crippen LogP contribution in [-0.2, 0) is 0 Å². The van der Waals surface area contributed by atoms with Crippen LogP contribution >= 0.6 is 15.9 Å². The minimum atomic E-state index is -0.423. The molecule has 0 spiro atoms. The minimum Gasteiger partial charge on any atom is -0.338 e. The molecule has 0 saturated heterocycles. The molecule has 0 aliphatic carbocycles. The number of carbonyl (C=O) groups excluding carboxylic acids is 1. The van der Waals surface area contributed by atoms with E-state index in [0.29, 0.717) is 16.6 Å². The molecule has 0 N–H and O–H groups in total. The molecule has 1 rings (SSSR count). The second-order valence-corrected chi connectivity index (χ2v) is 3.95. The molecule has 0 aliphatic heterocycles. The molecular weight excluding hydrogens is 261 g/mol. The zero-order chi connectivity index (χ0) is 11.4. The Morgan fingerprint density at radius 2 is 2.33 bits per heavy atom. The van der Waals surface area contributed by atoms with Gasteiger partial charge < -0.3 is 4.90 Å². The van der Waals surface area contributed by atoms with Crippen LogP contribution in [0.2, 0.25) is 0 Å². The molecule has 1 aromatic rings. The van der Waals surface area contributed by atoms with E-state index in [-0.39, 0.29) is 5.91 Å². The Morgan fingerprint density at radius 1 is 1.67 bits per heavy atom. The molecule has 2 nitrogen and oxygen atoms in total. The van der Waals surface area contributed by atoms with E-state index in [2.05, 4.69) is 22.5 Å². The first kappa shape index (κ1) is 11.9. The lowest BCUT2D eigenvalue weighted by molar-refractivity contribution is 0.0809. The Hall–Kier alpha value is -1.16. The SMILES string of the molecule is C=CCN(C)C(=O)c1cc(F)ccc1Br. The molecule has 0 saturated carbocycles. The highest BCUT2D eigenvalue weighted by Gasteiger charge is 2.14. The predicted molar refractivity (Wildman–Crippen MR) is 61.3 cm³/mol. The van der Waals surface area contributed by atoms with E-state index < -0.39 is 5.82 Å². The van der Waals surface area contributed by atoms with Gasteiger partial charge in [0.1, 0.15) is 5.82 Å². The third-order valence-electron chi connectivity index (χ3n) is 1.91. The van der Waals surface area contributed by atoms with Crippen molar-refractivity contribution in [1.82, 2.24) is 4.90 Å². The first-order valence-corrected chi connectivity index (χ1v) is 5.17. The maximum atomic E-state index is 12.9. The summed E-state index contributed by atoms with van der Waals surface area (Å²) in [6.07, 6.45) is 1.62. The van der Waals surface area contributed by atoms with E-state index in [1.165, 1.54) is 23.1 Å². The second kappa shape index (κ2) is 5.07. The van der Waals surface area contributed by atoms with Crippen LogP contribution in [0, 0.1) is 5.82 Å². The zero-order valence-electron chi connectivity index (χ0n) is 8.34. The van der Waals surface area contributed by atoms with Crippen molar-refractivity contribution in [2.75, 3.05) is 13.6 Å². The summed E-state index contributed by atoms with van der Waals surface area (Å²) >= 11 is 3.21. The van der Waals surface area contributed by atoms with Crippen molar-refractivity contribution in [2.45, 2.75) is 0 Å². The number of rotatable bonds is 3. The quantitative estimate of drug-likeness (QED) is 0.775. The fourth-order valence-electron chi connectivity index (χ4n) is 1.14. The molecule has 0 bridgehead atoms. The number of likely N-dealkylation sites (N-methyl/N-ethyl adjacent to an activating group) is 1. The minimum absolute atomic E-state index is 0.235. The molecule has 0 atom stereocenters. The van der Waals surface area contributed by atoms with Gasteiger partial charge in [-0.15, -0.1) is 6.58 Å². The fraction of sp³-hybridized carbons (Fsp3) is 0.182. The Labute approximate surface area is 96.5 Å². The number of halogens is 2. The molecule has 1 aromatic carbocycles. The average molecular weight is 272 g/mol. The summed E-state index contributed by atoms with van der Waals surface area (Å²) < 4.78 is 13.5. The second-order valence-electron chi connectivity index (χ2n) is 3.10. The Morgan fingerprint density at radius 3 is 2.93 bits per heavy atom. The zero-order valence-corrected chi connectivity index (χ0v) is 9.92. The van der Waals surface area contributed by atoms with E-state index in [1.807, 2.05) is 0 Å². The number of hydrogen-bond acceptors (Lipinski definition) is 1. The summed E-state index contributed by atoms with van der Waals surface area (Å²) in [5, 5.41) is 0. The number of amides is 1. The van der Waals surface area contributed by atoms with Crippen LogP contribution in [0.5, 0.6) is 0 Å². The Bertz CT molecular complexity index is 392. The number of nitrogens with zero attached hydrogens (tertiary/aromatic N) is 1. The lowest BCUT2D eigenvalue weighted by Crippen LogP contribution is -2.27. The highest BCUT2D eigenvalue weighted by Crippen LogP contribution is 2.19. The lowest BCUT2D eigenvalue weighted by atomic mass is 10.2. The molecule has 80 valence electrons. The summed E-state index contributed by atoms with van der Waals surface area (Å²) in [5.41, 5.74) is 0.319. The lowest BCUT2D eigenvalue weighted by Gasteiger charge is -2.15. The van der Waals surface area contributed by atoms with Crippen molar-refractivity contribution < 1.29 is 9.18 Å². The van der Waals surface area contributed by atoms with Crippen LogP contribution in [0.1, 0.15) is 10.4 Å². The van der Waals surface area contributed by atoms with E-state index in [1.54, 1.807) is 13.1 Å². The van der Waals surface area contributed by atoms with Crippen LogP contribution < -0.4 is 0 Å². The van der Waals surface area contributed by atoms with Crippen molar-refractivity contribution in [3.8, 4) is 0 Å². The molecule has 0 aromatic heterocycles. The molecule has 1 amide bonds. The summed E-state index contributed by atoms with van der Waals surface area (Å²) in [6, 6.07) is 4.03. The van der Waals surface area contributed by atoms with Gasteiger partial charge in [-0.05, 0) is 34.1 Å². The maximum absolute atomic E-state index is 12.9. The molecule has 4 heteroatoms. The van der Waals surface area contributed by atoms with Crippen molar-refractivity contribution in [1.29, 1.82) is 0 Å². The van der Waals surface area contributed by atoms with Gasteiger partial charge >= 0.3 is 0 Å². The first-order chi connectivity index (χ1) is 7.06. The fourth-order valence-corrected chi connectivity index (χ4v) is 1.56. The molecule has 0 aliphatic rings. The molecule has 15 heavy (non-hydrogen) atoms. The highest BCUT2D eigenvalue weighted by atomic mass is 79.9. The van der Waals surface area contributed by atoms with Gasteiger partial charge in [-0.2, -0.15) is 0 Å². The summed E-state index contributed by atoms with van der Waals surface area (Å²) in [5.74, 6) is -0.658. The molecule has 0 fully saturated rings. The van der Waals surface area contributed by atoms with Gasteiger partial charge in [0.2, 0.25) is 0 Å². The number of carbonyl (C=O) groups is 1. The van der Waals surface area contributed by atoms with Gasteiger partial charge in [-0.1, -0.05) is 6.08 Å². The van der Waals surface area contributed by atoms with Crippen LogP contribution in [0.25, 0.3) is 0 Å². The van der Waals surface area contributed by atoms with E-state index in [0.717, 1.165) is 0 Å². The van der Waals surface area contributed by atoms with Crippen LogP contribution in [0.4, 0.5) is 4.39 Å². The Kier molecular flexibility index (Phi) is 4.03. The normalized spacial score (nSPS) is 9.80. The van der Waals surface area contributed by atoms with Crippen LogP contribution in [0.15, 0.2) is 35.3 Å². The number of benzene rings is 1. The average Bonchev–Trinajstić information content (AvgIpc) is 2.21. The Balaban J connectivity index is 2.99. The molecule has 0 heterocycles. The molecular formula is C11H11BrFNO. The standard InChI is InChI=1S/C11H11BrFNO/c1-3-6-14(2)11(15)9-7-8(13)4-5-10(9)12/h3-5,7H,1,6H2,2H3. The van der Waals surface area contributed by atoms with Crippen molar-refractivity contribution >= 4 is 21.8 Å². The van der Waals surface area contributed by atoms with Crippen LogP contribution in [0.3, 0.4) is 0 Å². The highest BCUT2D eigenvalue weighted by molar-refractivity contribution is 9.10. The van der Waals surface area contributed by atoms with Gasteiger partial charge in [0.25, 0.3) is 5.91 Å². The van der Waals surface area contributed by atoms with Crippen molar-refractivity contribution in [2.24, 2.45) is 0 Å². The summed E-state index contributed by atoms with van der Waals surface area (Å²) in [6.45, 7) is 3.97. The van der Waals surface area contributed by atoms with Gasteiger partial charge in [-0.25, -0.2) is 4.39 Å². The van der Waals surface area contributed by atoms with E-state index >= 15 is 0 Å². The monoisotopic (exact) mass is 271 g/mol. The summed E-state index contributed by atoms with van der Waals surface area (Å²) in [7, 11) is 1.64. The third-order valence-corrected chi connectivity index (χ3v) is 2.60. The van der Waals surface area contributed by atoms with Crippen molar-refractivity contribution in [3.05, 3.63) is 46.7 Å². The number of hydrogen-bond donors (Lipinski definition) is 0. The van der Waals surface area contributed by atoms with Gasteiger partial charge in [-0.3, -0.25) is 4.79 Å². The molecule has 0 radical (unpaired) electrons. The van der Waals surface area contributed by atoms with Crippen molar-refractivity contribution in [3.63, 3.8) is 0 Å². The van der Waals surface area contributed by atoms with E-state index in [4.69, 9.17) is 0 Å². The smallest absolute Gasteiger partial charge is 0.255 e. The first-order valence-electron chi connectivity index (χ1n) is 4.37. The molecule has 0 unspecified atom stereocenters. The third kappa shape index (κ3) is 2.89. The van der Waals surface area contributed by atoms with Gasteiger partial charge in [0.05, 0.1) is 5.56 Å². The summed E-state index contributed by atoms with van der Waals surface area (Å²) in [4.78, 5) is 13.3. The topological polar surface area (TPSA) is 20.3 Å².